The summed E-state index contributed by atoms with van der Waals surface area (Å²) in [5.41, 5.74) is 4.58. The van der Waals surface area contributed by atoms with Crippen molar-refractivity contribution in [2.24, 2.45) is 5.10 Å². The molecule has 0 aliphatic rings. The van der Waals surface area contributed by atoms with E-state index in [1.165, 1.54) is 6.21 Å². The van der Waals surface area contributed by atoms with Crippen LogP contribution in [0.25, 0.3) is 0 Å². The molecule has 9 heteroatoms. The van der Waals surface area contributed by atoms with Gasteiger partial charge in [-0.15, -0.1) is 0 Å². The number of carbonyl (C=O) groups is 3. The highest BCUT2D eigenvalue weighted by Crippen LogP contribution is 2.32. The van der Waals surface area contributed by atoms with Crippen molar-refractivity contribution in [1.82, 2.24) is 5.43 Å². The minimum Gasteiger partial charge on any atom is -0.421 e. The van der Waals surface area contributed by atoms with Crippen LogP contribution in [0.3, 0.4) is 0 Å². The first-order valence-electron chi connectivity index (χ1n) is 11.0. The molecule has 0 atom stereocenters. The SMILES string of the molecule is O=C(NN=Cc1cc(Br)cc(Br)c1OC(=O)c1ccccc1)c1cccc(NC(=O)c2ccccc2)c1. The van der Waals surface area contributed by atoms with Crippen molar-refractivity contribution < 1.29 is 19.1 Å². The largest absolute Gasteiger partial charge is 0.421 e. The molecule has 0 saturated carbocycles. The molecule has 0 spiro atoms. The molecule has 0 radical (unpaired) electrons. The number of anilines is 1. The van der Waals surface area contributed by atoms with Crippen molar-refractivity contribution in [2.45, 2.75) is 0 Å². The van der Waals surface area contributed by atoms with Gasteiger partial charge < -0.3 is 10.1 Å². The average molecular weight is 621 g/mol. The predicted octanol–water partition coefficient (Wildman–Crippen LogP) is 6.45. The Balaban J connectivity index is 1.46. The number of carbonyl (C=O) groups excluding carboxylic acids is 3. The molecule has 37 heavy (non-hydrogen) atoms. The number of halogens is 2. The van der Waals surface area contributed by atoms with Gasteiger partial charge in [-0.2, -0.15) is 5.10 Å². The molecule has 4 aromatic carbocycles. The van der Waals surface area contributed by atoms with Gasteiger partial charge in [0.1, 0.15) is 0 Å². The van der Waals surface area contributed by atoms with Crippen molar-refractivity contribution in [1.29, 1.82) is 0 Å². The Morgan fingerprint density at radius 1 is 0.730 bits per heavy atom. The van der Waals surface area contributed by atoms with E-state index in [4.69, 9.17) is 4.74 Å². The van der Waals surface area contributed by atoms with Gasteiger partial charge in [0.2, 0.25) is 0 Å². The Morgan fingerprint density at radius 3 is 2.08 bits per heavy atom. The van der Waals surface area contributed by atoms with E-state index >= 15 is 0 Å². The molecular weight excluding hydrogens is 602 g/mol. The maximum absolute atomic E-state index is 12.7. The fourth-order valence-corrected chi connectivity index (χ4v) is 4.60. The molecule has 0 fully saturated rings. The van der Waals surface area contributed by atoms with Crippen LogP contribution in [0.15, 0.2) is 111 Å². The van der Waals surface area contributed by atoms with Crippen molar-refractivity contribution in [3.8, 4) is 5.75 Å². The maximum Gasteiger partial charge on any atom is 0.343 e. The second-order valence-electron chi connectivity index (χ2n) is 7.66. The lowest BCUT2D eigenvalue weighted by atomic mass is 10.1. The summed E-state index contributed by atoms with van der Waals surface area (Å²) < 4.78 is 6.84. The first-order chi connectivity index (χ1) is 17.9. The zero-order valence-corrected chi connectivity index (χ0v) is 22.3. The molecular formula is C28H19Br2N3O4. The summed E-state index contributed by atoms with van der Waals surface area (Å²) in [6, 6.07) is 27.3. The van der Waals surface area contributed by atoms with E-state index in [0.717, 1.165) is 0 Å². The molecule has 7 nitrogen and oxygen atoms in total. The highest BCUT2D eigenvalue weighted by atomic mass is 79.9. The number of esters is 1. The van der Waals surface area contributed by atoms with Crippen molar-refractivity contribution in [3.63, 3.8) is 0 Å². The van der Waals surface area contributed by atoms with Gasteiger partial charge >= 0.3 is 5.97 Å². The van der Waals surface area contributed by atoms with Crippen LogP contribution in [0.4, 0.5) is 5.69 Å². The van der Waals surface area contributed by atoms with E-state index in [1.54, 1.807) is 91.0 Å². The topological polar surface area (TPSA) is 96.9 Å². The molecule has 2 amide bonds. The van der Waals surface area contributed by atoms with Crippen LogP contribution in [0.2, 0.25) is 0 Å². The predicted molar refractivity (Wildman–Crippen MR) is 149 cm³/mol. The van der Waals surface area contributed by atoms with E-state index in [2.05, 4.69) is 47.7 Å². The van der Waals surface area contributed by atoms with Gasteiger partial charge in [-0.25, -0.2) is 10.2 Å². The normalized spacial score (nSPS) is 10.6. The van der Waals surface area contributed by atoms with Crippen LogP contribution in [-0.2, 0) is 0 Å². The smallest absolute Gasteiger partial charge is 0.343 e. The Labute approximate surface area is 229 Å². The van der Waals surface area contributed by atoms with Gasteiger partial charge in [0, 0.05) is 26.9 Å². The van der Waals surface area contributed by atoms with E-state index in [0.29, 0.717) is 36.9 Å². The van der Waals surface area contributed by atoms with Gasteiger partial charge in [0.05, 0.1) is 16.3 Å². The first-order valence-corrected chi connectivity index (χ1v) is 12.6. The summed E-state index contributed by atoms with van der Waals surface area (Å²) in [7, 11) is 0. The Hall–Kier alpha value is -4.08. The lowest BCUT2D eigenvalue weighted by Gasteiger charge is -2.10. The van der Waals surface area contributed by atoms with Gasteiger partial charge in [0.25, 0.3) is 11.8 Å². The number of amides is 2. The van der Waals surface area contributed by atoms with Crippen LogP contribution in [0.5, 0.6) is 5.75 Å². The number of nitrogens with zero attached hydrogens (tertiary/aromatic N) is 1. The second-order valence-corrected chi connectivity index (χ2v) is 9.43. The summed E-state index contributed by atoms with van der Waals surface area (Å²) in [5, 5.41) is 6.80. The molecule has 0 unspecified atom stereocenters. The number of rotatable bonds is 7. The molecule has 0 aromatic heterocycles. The third-order valence-electron chi connectivity index (χ3n) is 5.03. The molecule has 0 heterocycles. The molecule has 0 saturated heterocycles. The Kier molecular flexibility index (Phi) is 8.60. The van der Waals surface area contributed by atoms with E-state index < -0.39 is 11.9 Å². The monoisotopic (exact) mass is 619 g/mol. The number of benzene rings is 4. The van der Waals surface area contributed by atoms with Crippen LogP contribution < -0.4 is 15.5 Å². The first kappa shape index (κ1) is 26.0. The number of nitrogens with one attached hydrogen (secondary N) is 2. The zero-order valence-electron chi connectivity index (χ0n) is 19.2. The number of hydrogen-bond acceptors (Lipinski definition) is 5. The van der Waals surface area contributed by atoms with Gasteiger partial charge in [-0.3, -0.25) is 9.59 Å². The summed E-state index contributed by atoms with van der Waals surface area (Å²) in [6.45, 7) is 0. The van der Waals surface area contributed by atoms with Gasteiger partial charge in [-0.1, -0.05) is 58.4 Å². The summed E-state index contributed by atoms with van der Waals surface area (Å²) in [6.07, 6.45) is 1.38. The lowest BCUT2D eigenvalue weighted by Crippen LogP contribution is -2.18. The number of ether oxygens (including phenoxy) is 1. The zero-order chi connectivity index (χ0) is 26.2. The Bertz CT molecular complexity index is 1480. The second kappa shape index (κ2) is 12.2. The molecule has 184 valence electrons. The Morgan fingerprint density at radius 2 is 1.38 bits per heavy atom. The summed E-state index contributed by atoms with van der Waals surface area (Å²) in [4.78, 5) is 37.7. The molecule has 4 rings (SSSR count). The van der Waals surface area contributed by atoms with Crippen LogP contribution in [-0.4, -0.2) is 24.0 Å². The van der Waals surface area contributed by atoms with Crippen molar-refractivity contribution in [3.05, 3.63) is 128 Å². The number of hydrogen-bond donors (Lipinski definition) is 2. The highest BCUT2D eigenvalue weighted by Gasteiger charge is 2.15. The van der Waals surface area contributed by atoms with Gasteiger partial charge in [0.15, 0.2) is 5.75 Å². The molecule has 0 aliphatic heterocycles. The third-order valence-corrected chi connectivity index (χ3v) is 6.08. The molecule has 4 aromatic rings. The van der Waals surface area contributed by atoms with E-state index in [-0.39, 0.29) is 11.7 Å². The van der Waals surface area contributed by atoms with E-state index in [9.17, 15) is 14.4 Å². The highest BCUT2D eigenvalue weighted by molar-refractivity contribution is 9.11. The van der Waals surface area contributed by atoms with Crippen molar-refractivity contribution in [2.75, 3.05) is 5.32 Å². The van der Waals surface area contributed by atoms with Crippen molar-refractivity contribution >= 4 is 61.5 Å². The number of hydrazone groups is 1. The quantitative estimate of drug-likeness (QED) is 0.107. The minimum atomic E-state index is -0.531. The lowest BCUT2D eigenvalue weighted by molar-refractivity contribution is 0.0732. The standard InChI is InChI=1S/C28H19Br2N3O4/c29-22-14-21(25(24(30)16-22)37-28(36)19-10-5-2-6-11-19)17-31-33-27(35)20-12-7-13-23(15-20)32-26(34)18-8-3-1-4-9-18/h1-17H,(H,32,34)(H,33,35). The van der Waals surface area contributed by atoms with Crippen LogP contribution in [0, 0.1) is 0 Å². The van der Waals surface area contributed by atoms with Crippen LogP contribution in [0.1, 0.15) is 36.6 Å². The fourth-order valence-electron chi connectivity index (χ4n) is 3.27. The fraction of sp³-hybridized carbons (Fsp3) is 0. The summed E-state index contributed by atoms with van der Waals surface area (Å²) in [5.74, 6) is -1.05. The molecule has 0 aliphatic carbocycles. The minimum absolute atomic E-state index is 0.251. The maximum atomic E-state index is 12.7. The summed E-state index contributed by atoms with van der Waals surface area (Å²) >= 11 is 6.82. The average Bonchev–Trinajstić information content (AvgIpc) is 2.91. The molecule has 2 N–H and O–H groups in total. The van der Waals surface area contributed by atoms with Gasteiger partial charge in [-0.05, 0) is 70.5 Å². The van der Waals surface area contributed by atoms with E-state index in [1.807, 2.05) is 6.07 Å². The third kappa shape index (κ3) is 6.99. The van der Waals surface area contributed by atoms with Crippen LogP contribution >= 0.6 is 31.9 Å². The molecule has 0 bridgehead atoms.